The molecule has 1 aliphatic heterocycles. The Morgan fingerprint density at radius 2 is 1.83 bits per heavy atom. The number of halogens is 2. The molecule has 1 amide bonds. The minimum Gasteiger partial charge on any atom is -0.321 e. The number of carbonyl (C=O) groups is 1. The van der Waals surface area contributed by atoms with Crippen LogP contribution in [0.5, 0.6) is 0 Å². The van der Waals surface area contributed by atoms with Gasteiger partial charge in [-0.05, 0) is 31.4 Å². The van der Waals surface area contributed by atoms with Gasteiger partial charge in [-0.3, -0.25) is 4.79 Å². The molecule has 0 aliphatic carbocycles. The van der Waals surface area contributed by atoms with Crippen molar-refractivity contribution in [2.24, 2.45) is 5.92 Å². The van der Waals surface area contributed by atoms with Crippen molar-refractivity contribution < 1.29 is 22.0 Å². The highest BCUT2D eigenvalue weighted by Crippen LogP contribution is 2.24. The molecule has 0 aromatic heterocycles. The maximum absolute atomic E-state index is 13.5. The monoisotopic (exact) mass is 346 g/mol. The highest BCUT2D eigenvalue weighted by Gasteiger charge is 2.31. The van der Waals surface area contributed by atoms with Gasteiger partial charge in [0.1, 0.15) is 17.3 Å². The summed E-state index contributed by atoms with van der Waals surface area (Å²) in [6, 6.07) is 3.36. The number of para-hydroxylation sites is 1. The first-order valence-corrected chi connectivity index (χ1v) is 9.18. The zero-order valence-electron chi connectivity index (χ0n) is 12.9. The molecule has 1 aliphatic rings. The Labute approximate surface area is 134 Å². The number of amides is 1. The highest BCUT2D eigenvalue weighted by atomic mass is 32.2. The summed E-state index contributed by atoms with van der Waals surface area (Å²) in [5, 5.41) is 2.27. The van der Waals surface area contributed by atoms with Crippen molar-refractivity contribution in [1.82, 2.24) is 4.31 Å². The second-order valence-corrected chi connectivity index (χ2v) is 7.66. The molecule has 0 saturated carbocycles. The molecule has 1 heterocycles. The maximum Gasteiger partial charge on any atom is 0.227 e. The van der Waals surface area contributed by atoms with Crippen LogP contribution in [0.1, 0.15) is 26.2 Å². The molecule has 0 unspecified atom stereocenters. The fraction of sp³-hybridized carbons (Fsp3) is 0.533. The predicted octanol–water partition coefficient (Wildman–Crippen LogP) is 2.36. The van der Waals surface area contributed by atoms with Gasteiger partial charge in [-0.1, -0.05) is 13.0 Å². The molecule has 0 radical (unpaired) electrons. The molecule has 1 fully saturated rings. The van der Waals surface area contributed by atoms with Crippen LogP contribution in [0.2, 0.25) is 0 Å². The molecule has 0 spiro atoms. The van der Waals surface area contributed by atoms with E-state index in [4.69, 9.17) is 0 Å². The van der Waals surface area contributed by atoms with Crippen molar-refractivity contribution in [3.8, 4) is 0 Å². The van der Waals surface area contributed by atoms with E-state index in [9.17, 15) is 22.0 Å². The summed E-state index contributed by atoms with van der Waals surface area (Å²) in [7, 11) is -3.27. The number of sulfonamides is 1. The lowest BCUT2D eigenvalue weighted by molar-refractivity contribution is -0.121. The van der Waals surface area contributed by atoms with Crippen LogP contribution in [0.15, 0.2) is 18.2 Å². The molecule has 1 aromatic carbocycles. The second kappa shape index (κ2) is 7.35. The van der Waals surface area contributed by atoms with Gasteiger partial charge in [0.25, 0.3) is 0 Å². The van der Waals surface area contributed by atoms with Gasteiger partial charge in [0.15, 0.2) is 0 Å². The molecule has 2 rings (SSSR count). The molecule has 8 heteroatoms. The van der Waals surface area contributed by atoms with Crippen LogP contribution < -0.4 is 5.32 Å². The van der Waals surface area contributed by atoms with E-state index in [-0.39, 0.29) is 18.8 Å². The van der Waals surface area contributed by atoms with Crippen LogP contribution in [0.4, 0.5) is 14.5 Å². The van der Waals surface area contributed by atoms with Gasteiger partial charge >= 0.3 is 0 Å². The van der Waals surface area contributed by atoms with E-state index in [0.29, 0.717) is 19.3 Å². The third-order valence-corrected chi connectivity index (χ3v) is 5.97. The third-order valence-electron chi connectivity index (χ3n) is 3.89. The quantitative estimate of drug-likeness (QED) is 0.890. The van der Waals surface area contributed by atoms with Crippen molar-refractivity contribution in [3.05, 3.63) is 29.8 Å². The molecule has 1 aromatic rings. The average molecular weight is 346 g/mol. The Bertz CT molecular complexity index is 651. The van der Waals surface area contributed by atoms with E-state index >= 15 is 0 Å². The molecule has 1 saturated heterocycles. The van der Waals surface area contributed by atoms with Crippen LogP contribution in [-0.4, -0.2) is 37.5 Å². The minimum absolute atomic E-state index is 0.0876. The van der Waals surface area contributed by atoms with E-state index in [1.54, 1.807) is 6.92 Å². The first-order chi connectivity index (χ1) is 10.8. The number of nitrogens with one attached hydrogen (secondary N) is 1. The zero-order chi connectivity index (χ0) is 17.0. The highest BCUT2D eigenvalue weighted by molar-refractivity contribution is 7.89. The SMILES string of the molecule is CCCS(=O)(=O)N1CCC(C(=O)Nc2c(F)cccc2F)CC1. The molecule has 5 nitrogen and oxygen atoms in total. The largest absolute Gasteiger partial charge is 0.321 e. The molecular weight excluding hydrogens is 326 g/mol. The van der Waals surface area contributed by atoms with E-state index < -0.39 is 39.2 Å². The molecule has 1 N–H and O–H groups in total. The topological polar surface area (TPSA) is 66.5 Å². The van der Waals surface area contributed by atoms with Crippen LogP contribution in [0.25, 0.3) is 0 Å². The molecule has 0 bridgehead atoms. The summed E-state index contributed by atoms with van der Waals surface area (Å²) in [6.07, 6.45) is 1.21. The standard InChI is InChI=1S/C15H20F2N2O3S/c1-2-10-23(21,22)19-8-6-11(7-9-19)15(20)18-14-12(16)4-3-5-13(14)17/h3-5,11H,2,6-10H2,1H3,(H,18,20). The summed E-state index contributed by atoms with van der Waals surface area (Å²) in [6.45, 7) is 2.29. The molecule has 128 valence electrons. The number of nitrogens with zero attached hydrogens (tertiary/aromatic N) is 1. The zero-order valence-corrected chi connectivity index (χ0v) is 13.7. The van der Waals surface area contributed by atoms with Crippen LogP contribution in [-0.2, 0) is 14.8 Å². The van der Waals surface area contributed by atoms with Crippen molar-refractivity contribution in [1.29, 1.82) is 0 Å². The van der Waals surface area contributed by atoms with Crippen molar-refractivity contribution >= 4 is 21.6 Å². The fourth-order valence-electron chi connectivity index (χ4n) is 2.63. The normalized spacial score (nSPS) is 17.2. The van der Waals surface area contributed by atoms with Crippen LogP contribution in [0, 0.1) is 17.6 Å². The Morgan fingerprint density at radius 3 is 2.35 bits per heavy atom. The Balaban J connectivity index is 1.96. The number of anilines is 1. The summed E-state index contributed by atoms with van der Waals surface area (Å²) in [4.78, 5) is 12.1. The maximum atomic E-state index is 13.5. The lowest BCUT2D eigenvalue weighted by Crippen LogP contribution is -2.42. The van der Waals surface area contributed by atoms with Gasteiger partial charge in [-0.25, -0.2) is 21.5 Å². The Morgan fingerprint density at radius 1 is 1.26 bits per heavy atom. The summed E-state index contributed by atoms with van der Waals surface area (Å²) >= 11 is 0. The van der Waals surface area contributed by atoms with Gasteiger partial charge in [0.05, 0.1) is 5.75 Å². The van der Waals surface area contributed by atoms with Gasteiger partial charge < -0.3 is 5.32 Å². The molecular formula is C15H20F2N2O3S. The Hall–Kier alpha value is -1.54. The van der Waals surface area contributed by atoms with Crippen molar-refractivity contribution in [2.45, 2.75) is 26.2 Å². The van der Waals surface area contributed by atoms with Crippen LogP contribution in [0.3, 0.4) is 0 Å². The summed E-state index contributed by atoms with van der Waals surface area (Å²) in [5.41, 5.74) is -0.460. The summed E-state index contributed by atoms with van der Waals surface area (Å²) < 4.78 is 52.4. The number of hydrogen-bond donors (Lipinski definition) is 1. The number of piperidine rings is 1. The first kappa shape index (κ1) is 17.8. The van der Waals surface area contributed by atoms with E-state index in [1.165, 1.54) is 10.4 Å². The average Bonchev–Trinajstić information content (AvgIpc) is 2.51. The Kier molecular flexibility index (Phi) is 5.69. The van der Waals surface area contributed by atoms with Gasteiger partial charge in [-0.2, -0.15) is 0 Å². The smallest absolute Gasteiger partial charge is 0.227 e. The van der Waals surface area contributed by atoms with Crippen molar-refractivity contribution in [3.63, 3.8) is 0 Å². The second-order valence-electron chi connectivity index (χ2n) is 5.58. The summed E-state index contributed by atoms with van der Waals surface area (Å²) in [5.74, 6) is -2.52. The minimum atomic E-state index is -3.27. The third kappa shape index (κ3) is 4.26. The number of rotatable bonds is 5. The fourth-order valence-corrected chi connectivity index (χ4v) is 4.17. The van der Waals surface area contributed by atoms with Crippen LogP contribution >= 0.6 is 0 Å². The van der Waals surface area contributed by atoms with E-state index in [0.717, 1.165) is 12.1 Å². The number of hydrogen-bond acceptors (Lipinski definition) is 3. The van der Waals surface area contributed by atoms with E-state index in [2.05, 4.69) is 5.32 Å². The predicted molar refractivity (Wildman–Crippen MR) is 83.4 cm³/mol. The lowest BCUT2D eigenvalue weighted by Gasteiger charge is -2.30. The van der Waals surface area contributed by atoms with Gasteiger partial charge in [0.2, 0.25) is 15.9 Å². The molecule has 0 atom stereocenters. The van der Waals surface area contributed by atoms with E-state index in [1.807, 2.05) is 0 Å². The number of benzene rings is 1. The number of carbonyl (C=O) groups excluding carboxylic acids is 1. The van der Waals surface area contributed by atoms with Crippen molar-refractivity contribution in [2.75, 3.05) is 24.2 Å². The van der Waals surface area contributed by atoms with Gasteiger partial charge in [-0.15, -0.1) is 0 Å². The lowest BCUT2D eigenvalue weighted by atomic mass is 9.97. The first-order valence-electron chi connectivity index (χ1n) is 7.58. The molecule has 23 heavy (non-hydrogen) atoms. The van der Waals surface area contributed by atoms with Gasteiger partial charge in [0, 0.05) is 19.0 Å².